The fourth-order valence-electron chi connectivity index (χ4n) is 3.05. The number of aromatic nitrogens is 1. The van der Waals surface area contributed by atoms with E-state index in [1.807, 2.05) is 18.3 Å². The first kappa shape index (κ1) is 23.0. The molecule has 0 spiro atoms. The van der Waals surface area contributed by atoms with Crippen LogP contribution in [0, 0.1) is 5.41 Å². The number of hydrogen-bond donors (Lipinski definition) is 3. The predicted molar refractivity (Wildman–Crippen MR) is 122 cm³/mol. The molecule has 8 heteroatoms. The summed E-state index contributed by atoms with van der Waals surface area (Å²) in [6.45, 7) is 4.80. The molecule has 7 nitrogen and oxygen atoms in total. The highest BCUT2D eigenvalue weighted by molar-refractivity contribution is 6.30. The van der Waals surface area contributed by atoms with Crippen molar-refractivity contribution in [2.45, 2.75) is 13.0 Å². The van der Waals surface area contributed by atoms with Gasteiger partial charge in [0.2, 0.25) is 0 Å². The maximum absolute atomic E-state index is 9.90. The molecular weight excluding hydrogens is 416 g/mol. The number of morpholine rings is 1. The molecule has 1 saturated heterocycles. The van der Waals surface area contributed by atoms with Crippen LogP contribution in [0.4, 0.5) is 0 Å². The summed E-state index contributed by atoms with van der Waals surface area (Å²) < 4.78 is 11.5. The molecule has 0 amide bonds. The normalized spacial score (nSPS) is 15.9. The average Bonchev–Trinajstić information content (AvgIpc) is 2.77. The van der Waals surface area contributed by atoms with Crippen molar-refractivity contribution in [2.24, 2.45) is 5.73 Å². The van der Waals surface area contributed by atoms with E-state index in [0.717, 1.165) is 18.7 Å². The summed E-state index contributed by atoms with van der Waals surface area (Å²) in [6.07, 6.45) is 6.28. The highest BCUT2D eigenvalue weighted by Crippen LogP contribution is 2.33. The number of nitrogens with one attached hydrogen (secondary N) is 1. The molecule has 1 unspecified atom stereocenters. The molecule has 1 aliphatic rings. The first-order chi connectivity index (χ1) is 15.0. The predicted octanol–water partition coefficient (Wildman–Crippen LogP) is 3.54. The molecule has 0 radical (unpaired) electrons. The Bertz CT molecular complexity index is 954. The lowest BCUT2D eigenvalue weighted by Gasteiger charge is -2.25. The van der Waals surface area contributed by atoms with Gasteiger partial charge in [-0.25, -0.2) is 0 Å². The van der Waals surface area contributed by atoms with Crippen LogP contribution in [0.25, 0.3) is 11.3 Å². The minimum Gasteiger partial charge on any atom is -0.456 e. The fraction of sp³-hybridized carbons (Fsp3) is 0.304. The van der Waals surface area contributed by atoms with E-state index in [9.17, 15) is 5.11 Å². The van der Waals surface area contributed by atoms with E-state index in [0.29, 0.717) is 46.7 Å². The molecular formula is C23H27ClN4O3. The number of pyridine rings is 1. The van der Waals surface area contributed by atoms with Gasteiger partial charge in [-0.15, -0.1) is 0 Å². The van der Waals surface area contributed by atoms with E-state index in [-0.39, 0.29) is 6.54 Å². The van der Waals surface area contributed by atoms with E-state index >= 15 is 0 Å². The summed E-state index contributed by atoms with van der Waals surface area (Å²) in [5.74, 6) is 1.03. The summed E-state index contributed by atoms with van der Waals surface area (Å²) in [6, 6.07) is 8.91. The number of nitrogens with two attached hydrogens (primary N) is 1. The number of halogens is 1. The smallest absolute Gasteiger partial charge is 0.138 e. The van der Waals surface area contributed by atoms with Gasteiger partial charge in [-0.05, 0) is 31.2 Å². The van der Waals surface area contributed by atoms with Gasteiger partial charge in [0.05, 0.1) is 25.0 Å². The molecule has 1 atom stereocenters. The van der Waals surface area contributed by atoms with Gasteiger partial charge in [-0.2, -0.15) is 0 Å². The van der Waals surface area contributed by atoms with Crippen molar-refractivity contribution in [1.82, 2.24) is 9.88 Å². The Morgan fingerprint density at radius 2 is 2.13 bits per heavy atom. The molecule has 164 valence electrons. The van der Waals surface area contributed by atoms with Crippen molar-refractivity contribution >= 4 is 17.3 Å². The molecule has 31 heavy (non-hydrogen) atoms. The molecule has 2 aromatic rings. The van der Waals surface area contributed by atoms with Crippen LogP contribution in [-0.4, -0.2) is 53.6 Å². The Hall–Kier alpha value is -2.71. The Balaban J connectivity index is 1.88. The second-order valence-corrected chi connectivity index (χ2v) is 7.60. The van der Waals surface area contributed by atoms with Gasteiger partial charge in [0.25, 0.3) is 0 Å². The summed E-state index contributed by atoms with van der Waals surface area (Å²) in [5.41, 5.74) is 7.94. The number of allylic oxidation sites excluding steroid dienone is 2. The summed E-state index contributed by atoms with van der Waals surface area (Å²) in [5, 5.41) is 18.3. The number of ether oxygens (including phenoxy) is 2. The van der Waals surface area contributed by atoms with Crippen molar-refractivity contribution in [3.05, 3.63) is 71.2 Å². The minimum atomic E-state index is -0.752. The molecule has 1 aromatic carbocycles. The molecule has 1 aliphatic heterocycles. The van der Waals surface area contributed by atoms with Crippen LogP contribution in [0.1, 0.15) is 18.6 Å². The lowest BCUT2D eigenvalue weighted by molar-refractivity contribution is 0.0593. The largest absolute Gasteiger partial charge is 0.456 e. The number of nitrogens with zero attached hydrogens (tertiary/aromatic N) is 2. The van der Waals surface area contributed by atoms with E-state index in [1.165, 1.54) is 0 Å². The standard InChI is InChI=1S/C23H27ClN4O3/c1-16(26)12-19(6-7-28-8-10-30-11-9-28)31-23-13-18(24)3-4-20(23)21-5-2-17(15-27-21)22(29)14-25/h2-7,12-13,15,22,26,29H,8-11,14,25H2,1H3/b7-6+,19-12+,26-16?. The molecule has 0 saturated carbocycles. The van der Waals surface area contributed by atoms with Crippen LogP contribution < -0.4 is 10.5 Å². The van der Waals surface area contributed by atoms with E-state index in [2.05, 4.69) is 9.88 Å². The molecule has 2 heterocycles. The van der Waals surface area contributed by atoms with Crippen LogP contribution >= 0.6 is 11.6 Å². The fourth-order valence-corrected chi connectivity index (χ4v) is 3.21. The van der Waals surface area contributed by atoms with Gasteiger partial charge in [-0.3, -0.25) is 4.98 Å². The van der Waals surface area contributed by atoms with Gasteiger partial charge in [0.1, 0.15) is 11.5 Å². The van der Waals surface area contributed by atoms with E-state index in [1.54, 1.807) is 43.5 Å². The van der Waals surface area contributed by atoms with E-state index < -0.39 is 6.10 Å². The lowest BCUT2D eigenvalue weighted by atomic mass is 10.1. The zero-order valence-corrected chi connectivity index (χ0v) is 18.2. The maximum atomic E-state index is 9.90. The summed E-state index contributed by atoms with van der Waals surface area (Å²) in [7, 11) is 0. The van der Waals surface area contributed by atoms with Crippen molar-refractivity contribution in [2.75, 3.05) is 32.8 Å². The number of benzene rings is 1. The highest BCUT2D eigenvalue weighted by atomic mass is 35.5. The Morgan fingerprint density at radius 1 is 1.35 bits per heavy atom. The second-order valence-electron chi connectivity index (χ2n) is 7.16. The van der Waals surface area contributed by atoms with Crippen LogP contribution in [-0.2, 0) is 4.74 Å². The first-order valence-corrected chi connectivity index (χ1v) is 10.4. The third-order valence-corrected chi connectivity index (χ3v) is 4.93. The minimum absolute atomic E-state index is 0.128. The zero-order chi connectivity index (χ0) is 22.2. The number of rotatable bonds is 8. The van der Waals surface area contributed by atoms with Crippen molar-refractivity contribution < 1.29 is 14.6 Å². The van der Waals surface area contributed by atoms with Gasteiger partial charge in [-0.1, -0.05) is 17.7 Å². The lowest BCUT2D eigenvalue weighted by Crippen LogP contribution is -2.32. The maximum Gasteiger partial charge on any atom is 0.138 e. The Morgan fingerprint density at radius 3 is 2.77 bits per heavy atom. The van der Waals surface area contributed by atoms with Crippen molar-refractivity contribution in [3.8, 4) is 17.0 Å². The quantitative estimate of drug-likeness (QED) is 0.328. The number of hydrogen-bond acceptors (Lipinski definition) is 7. The second kappa shape index (κ2) is 11.1. The SMILES string of the molecule is CC(=N)/C=C(\C=C\N1CCOCC1)Oc1cc(Cl)ccc1-c1ccc(C(O)CN)cn1. The number of aliphatic hydroxyl groups excluding tert-OH is 1. The molecule has 0 aliphatic carbocycles. The average molecular weight is 443 g/mol. The van der Waals surface area contributed by atoms with Crippen LogP contribution in [0.15, 0.2) is 60.6 Å². The third-order valence-electron chi connectivity index (χ3n) is 4.70. The third kappa shape index (κ3) is 6.63. The van der Waals surface area contributed by atoms with Crippen LogP contribution in [0.5, 0.6) is 5.75 Å². The van der Waals surface area contributed by atoms with Gasteiger partial charge < -0.3 is 30.6 Å². The molecule has 0 bridgehead atoms. The highest BCUT2D eigenvalue weighted by Gasteiger charge is 2.13. The summed E-state index contributed by atoms with van der Waals surface area (Å²) in [4.78, 5) is 6.60. The van der Waals surface area contributed by atoms with Crippen molar-refractivity contribution in [1.29, 1.82) is 5.41 Å². The van der Waals surface area contributed by atoms with Gasteiger partial charge in [0, 0.05) is 66.0 Å². The Labute approximate surface area is 187 Å². The van der Waals surface area contributed by atoms with Crippen LogP contribution in [0.3, 0.4) is 0 Å². The molecule has 3 rings (SSSR count). The number of aliphatic hydroxyl groups is 1. The van der Waals surface area contributed by atoms with Crippen molar-refractivity contribution in [3.63, 3.8) is 0 Å². The molecule has 1 aromatic heterocycles. The molecule has 1 fully saturated rings. The first-order valence-electron chi connectivity index (χ1n) is 10.0. The summed E-state index contributed by atoms with van der Waals surface area (Å²) >= 11 is 6.23. The van der Waals surface area contributed by atoms with Gasteiger partial charge in [0.15, 0.2) is 0 Å². The van der Waals surface area contributed by atoms with Gasteiger partial charge >= 0.3 is 0 Å². The zero-order valence-electron chi connectivity index (χ0n) is 17.4. The monoisotopic (exact) mass is 442 g/mol. The van der Waals surface area contributed by atoms with E-state index in [4.69, 9.17) is 32.2 Å². The molecule has 4 N–H and O–H groups in total. The van der Waals surface area contributed by atoms with Crippen LogP contribution in [0.2, 0.25) is 5.02 Å². The Kier molecular flexibility index (Phi) is 8.20. The topological polar surface area (TPSA) is 105 Å².